The summed E-state index contributed by atoms with van der Waals surface area (Å²) in [5.41, 5.74) is -0.914. The molecule has 0 spiro atoms. The van der Waals surface area contributed by atoms with Gasteiger partial charge in [-0.15, -0.1) is 0 Å². The fraction of sp³-hybridized carbons (Fsp3) is 0.929. The summed E-state index contributed by atoms with van der Waals surface area (Å²) in [6.45, 7) is 12.2. The van der Waals surface area contributed by atoms with Gasteiger partial charge in [-0.2, -0.15) is 8.42 Å². The maximum atomic E-state index is 12.0. The minimum Gasteiger partial charge on any atom is -0.297 e. The number of rotatable bonds is 1. The third-order valence-electron chi connectivity index (χ3n) is 4.79. The third kappa shape index (κ3) is 3.21. The molecule has 2 fully saturated rings. The van der Waals surface area contributed by atoms with Crippen molar-refractivity contribution in [1.82, 2.24) is 0 Å². The molecule has 4 nitrogen and oxygen atoms in total. The Kier molecular flexibility index (Phi) is 4.77. The number of fused-ring (bicyclic) bond motifs is 2. The molecule has 0 saturated heterocycles. The van der Waals surface area contributed by atoms with Gasteiger partial charge in [-0.25, -0.2) is 0 Å². The van der Waals surface area contributed by atoms with Crippen LogP contribution in [0.2, 0.25) is 0 Å². The zero-order valence-electron chi connectivity index (χ0n) is 13.0. The van der Waals surface area contributed by atoms with Gasteiger partial charge in [0.1, 0.15) is 5.25 Å². The molecule has 0 aromatic heterocycles. The van der Waals surface area contributed by atoms with Crippen molar-refractivity contribution in [3.05, 3.63) is 0 Å². The van der Waals surface area contributed by atoms with E-state index in [1.807, 2.05) is 20.8 Å². The van der Waals surface area contributed by atoms with E-state index in [2.05, 4.69) is 43.4 Å². The van der Waals surface area contributed by atoms with Gasteiger partial charge in [-0.1, -0.05) is 64.1 Å². The standard InChI is InChI=1S/C10H16O4S.C4H9I/c1-9(2)6-4-5-10(9,3)8(11)7(6)15(12,13)14;1-4(2,3)5/h6-7H,4-5H2,1-3H3,(H,12,13,14);1-3H3. The highest BCUT2D eigenvalue weighted by Gasteiger charge is 2.69. The van der Waals surface area contributed by atoms with Crippen LogP contribution >= 0.6 is 22.6 Å². The van der Waals surface area contributed by atoms with Crippen molar-refractivity contribution >= 4 is 38.5 Å². The fourth-order valence-corrected chi connectivity index (χ4v) is 4.77. The summed E-state index contributed by atoms with van der Waals surface area (Å²) in [6, 6.07) is 0. The number of ketones is 1. The predicted octanol–water partition coefficient (Wildman–Crippen LogP) is 3.49. The van der Waals surface area contributed by atoms with Gasteiger partial charge in [0.15, 0.2) is 5.78 Å². The highest BCUT2D eigenvalue weighted by Crippen LogP contribution is 2.64. The molecule has 0 amide bonds. The molecule has 1 N–H and O–H groups in total. The van der Waals surface area contributed by atoms with E-state index in [0.29, 0.717) is 9.84 Å². The zero-order valence-corrected chi connectivity index (χ0v) is 16.0. The van der Waals surface area contributed by atoms with Crippen molar-refractivity contribution in [1.29, 1.82) is 0 Å². The van der Waals surface area contributed by atoms with Crippen molar-refractivity contribution < 1.29 is 17.8 Å². The molecule has 2 rings (SSSR count). The fourth-order valence-electron chi connectivity index (χ4n) is 3.35. The smallest absolute Gasteiger partial charge is 0.275 e. The molecule has 0 heterocycles. The van der Waals surface area contributed by atoms with Crippen molar-refractivity contribution in [2.45, 2.75) is 63.1 Å². The molecule has 0 aromatic rings. The van der Waals surface area contributed by atoms with E-state index in [0.717, 1.165) is 6.42 Å². The first-order valence-electron chi connectivity index (χ1n) is 6.82. The molecular formula is C14H25IO4S. The molecule has 2 saturated carbocycles. The number of alkyl halides is 1. The van der Waals surface area contributed by atoms with Crippen LogP contribution in [-0.2, 0) is 14.9 Å². The van der Waals surface area contributed by atoms with Crippen LogP contribution in [0.1, 0.15) is 54.4 Å². The van der Waals surface area contributed by atoms with Crippen LogP contribution in [0.3, 0.4) is 0 Å². The maximum Gasteiger partial charge on any atom is 0.275 e. The van der Waals surface area contributed by atoms with Gasteiger partial charge in [0, 0.05) is 8.84 Å². The number of hydrogen-bond acceptors (Lipinski definition) is 3. The van der Waals surface area contributed by atoms with Gasteiger partial charge in [0.2, 0.25) is 0 Å². The average Bonchev–Trinajstić information content (AvgIpc) is 2.45. The van der Waals surface area contributed by atoms with Crippen LogP contribution in [-0.4, -0.2) is 27.4 Å². The summed E-state index contributed by atoms with van der Waals surface area (Å²) in [7, 11) is -4.24. The average molecular weight is 416 g/mol. The number of carbonyl (C=O) groups excluding carboxylic acids is 1. The van der Waals surface area contributed by atoms with Crippen LogP contribution in [0, 0.1) is 16.7 Å². The van der Waals surface area contributed by atoms with Crippen LogP contribution in [0.15, 0.2) is 0 Å². The van der Waals surface area contributed by atoms with Gasteiger partial charge in [-0.3, -0.25) is 9.35 Å². The monoisotopic (exact) mass is 416 g/mol. The first-order chi connectivity index (χ1) is 8.62. The molecule has 2 aliphatic rings. The predicted molar refractivity (Wildman–Crippen MR) is 88.7 cm³/mol. The lowest BCUT2D eigenvalue weighted by atomic mass is 9.70. The van der Waals surface area contributed by atoms with Crippen LogP contribution in [0.25, 0.3) is 0 Å². The highest BCUT2D eigenvalue weighted by atomic mass is 127. The highest BCUT2D eigenvalue weighted by molar-refractivity contribution is 14.1. The van der Waals surface area contributed by atoms with Gasteiger partial charge in [-0.05, 0) is 24.2 Å². The largest absolute Gasteiger partial charge is 0.297 e. The van der Waals surface area contributed by atoms with E-state index in [4.69, 9.17) is 4.55 Å². The third-order valence-corrected chi connectivity index (χ3v) is 5.98. The second-order valence-electron chi connectivity index (χ2n) is 7.57. The van der Waals surface area contributed by atoms with Crippen molar-refractivity contribution in [2.75, 3.05) is 0 Å². The Balaban J connectivity index is 0.000000347. The van der Waals surface area contributed by atoms with Crippen molar-refractivity contribution in [3.63, 3.8) is 0 Å². The minimum absolute atomic E-state index is 0.231. The zero-order chi connectivity index (χ0) is 16.1. The summed E-state index contributed by atoms with van der Waals surface area (Å²) < 4.78 is 32.0. The Labute approximate surface area is 136 Å². The first kappa shape index (κ1) is 18.4. The lowest BCUT2D eigenvalue weighted by Gasteiger charge is -2.32. The van der Waals surface area contributed by atoms with Crippen molar-refractivity contribution in [2.24, 2.45) is 16.7 Å². The summed E-state index contributed by atoms with van der Waals surface area (Å²) >= 11 is 2.38. The molecular weight excluding hydrogens is 391 g/mol. The first-order valence-corrected chi connectivity index (χ1v) is 9.40. The molecule has 0 radical (unpaired) electrons. The molecule has 0 aromatic carbocycles. The Morgan fingerprint density at radius 3 is 1.85 bits per heavy atom. The molecule has 6 heteroatoms. The second-order valence-corrected chi connectivity index (χ2v) is 12.3. The number of Topliss-reactive ketones (excluding diaryl/α,β-unsaturated/α-hetero) is 1. The van der Waals surface area contributed by atoms with E-state index in [1.54, 1.807) is 0 Å². The lowest BCUT2D eigenvalue weighted by Crippen LogP contribution is -2.38. The van der Waals surface area contributed by atoms with Crippen LogP contribution in [0.4, 0.5) is 0 Å². The van der Waals surface area contributed by atoms with E-state index < -0.39 is 20.8 Å². The van der Waals surface area contributed by atoms with Crippen LogP contribution in [0.5, 0.6) is 0 Å². The van der Waals surface area contributed by atoms with Gasteiger partial charge >= 0.3 is 0 Å². The molecule has 3 unspecified atom stereocenters. The van der Waals surface area contributed by atoms with Crippen molar-refractivity contribution in [3.8, 4) is 0 Å². The molecule has 3 atom stereocenters. The Morgan fingerprint density at radius 2 is 1.65 bits per heavy atom. The Hall–Kier alpha value is 0.310. The van der Waals surface area contributed by atoms with E-state index >= 15 is 0 Å². The van der Waals surface area contributed by atoms with Gasteiger partial charge < -0.3 is 0 Å². The number of halogens is 1. The quantitative estimate of drug-likeness (QED) is 0.404. The molecule has 20 heavy (non-hydrogen) atoms. The van der Waals surface area contributed by atoms with Gasteiger partial charge in [0.25, 0.3) is 10.1 Å². The molecule has 2 bridgehead atoms. The SMILES string of the molecule is CC(C)(C)I.CC12CCC(C(S(=O)(=O)O)C1=O)C2(C)C. The second kappa shape index (κ2) is 5.19. The van der Waals surface area contributed by atoms with Gasteiger partial charge in [0.05, 0.1) is 0 Å². The lowest BCUT2D eigenvalue weighted by molar-refractivity contribution is -0.128. The summed E-state index contributed by atoms with van der Waals surface area (Å²) in [5.74, 6) is -0.531. The van der Waals surface area contributed by atoms with Crippen LogP contribution < -0.4 is 0 Å². The van der Waals surface area contributed by atoms with E-state index in [9.17, 15) is 13.2 Å². The van der Waals surface area contributed by atoms with E-state index in [-0.39, 0.29) is 17.1 Å². The van der Waals surface area contributed by atoms with E-state index in [1.165, 1.54) is 0 Å². The number of hydrogen-bond donors (Lipinski definition) is 1. The summed E-state index contributed by atoms with van der Waals surface area (Å²) in [5, 5.41) is -1.19. The normalized spacial score (nSPS) is 35.7. The Bertz CT molecular complexity index is 498. The molecule has 118 valence electrons. The summed E-state index contributed by atoms with van der Waals surface area (Å²) in [6.07, 6.45) is 1.44. The number of carbonyl (C=O) groups is 1. The summed E-state index contributed by atoms with van der Waals surface area (Å²) in [4.78, 5) is 12.0. The topological polar surface area (TPSA) is 71.4 Å². The Morgan fingerprint density at radius 1 is 1.25 bits per heavy atom. The maximum absolute atomic E-state index is 12.0. The molecule has 2 aliphatic carbocycles. The molecule has 0 aliphatic heterocycles. The minimum atomic E-state index is -4.24.